The minimum absolute atomic E-state index is 0.210. The molecule has 0 aliphatic rings. The molecule has 2 aromatic rings. The highest BCUT2D eigenvalue weighted by Crippen LogP contribution is 2.36. The Labute approximate surface area is 122 Å². The Kier molecular flexibility index (Phi) is 4.68. The number of hydrogen-bond donors (Lipinski definition) is 1. The van der Waals surface area contributed by atoms with Crippen LogP contribution in [0.2, 0.25) is 8.67 Å². The van der Waals surface area contributed by atoms with Gasteiger partial charge in [0, 0.05) is 5.56 Å². The van der Waals surface area contributed by atoms with E-state index in [0.717, 1.165) is 24.0 Å². The van der Waals surface area contributed by atoms with Gasteiger partial charge in [-0.05, 0) is 23.6 Å². The van der Waals surface area contributed by atoms with Crippen molar-refractivity contribution in [3.63, 3.8) is 0 Å². The van der Waals surface area contributed by atoms with Crippen LogP contribution in [0.4, 0.5) is 0 Å². The van der Waals surface area contributed by atoms with E-state index in [1.54, 1.807) is 0 Å². The van der Waals surface area contributed by atoms with Gasteiger partial charge in [0.1, 0.15) is 0 Å². The minimum atomic E-state index is -0.210. The quantitative estimate of drug-likeness (QED) is 0.839. The summed E-state index contributed by atoms with van der Waals surface area (Å²) in [6.07, 6.45) is 2.20. The number of aryl methyl sites for hydroxylation is 1. The van der Waals surface area contributed by atoms with Gasteiger partial charge in [-0.25, -0.2) is 0 Å². The molecule has 96 valence electrons. The van der Waals surface area contributed by atoms with Gasteiger partial charge in [0.2, 0.25) is 0 Å². The molecule has 0 amide bonds. The smallest absolute Gasteiger partial charge is 0.0995 e. The van der Waals surface area contributed by atoms with E-state index < -0.39 is 0 Å². The van der Waals surface area contributed by atoms with Gasteiger partial charge in [0.25, 0.3) is 0 Å². The van der Waals surface area contributed by atoms with Gasteiger partial charge in [0.05, 0.1) is 14.7 Å². The summed E-state index contributed by atoms with van der Waals surface area (Å²) in [7, 11) is 0. The van der Waals surface area contributed by atoms with Gasteiger partial charge in [-0.3, -0.25) is 0 Å². The average molecular weight is 300 g/mol. The van der Waals surface area contributed by atoms with E-state index in [-0.39, 0.29) is 6.04 Å². The third kappa shape index (κ3) is 3.07. The second kappa shape index (κ2) is 6.07. The van der Waals surface area contributed by atoms with Gasteiger partial charge in [-0.15, -0.1) is 11.3 Å². The number of nitrogens with two attached hydrogens (primary N) is 1. The lowest BCUT2D eigenvalue weighted by molar-refractivity contribution is 0.863. The molecule has 1 atom stereocenters. The van der Waals surface area contributed by atoms with Gasteiger partial charge < -0.3 is 5.73 Å². The highest BCUT2D eigenvalue weighted by atomic mass is 35.5. The summed E-state index contributed by atoms with van der Waals surface area (Å²) >= 11 is 13.5. The zero-order chi connectivity index (χ0) is 13.1. The first-order valence-corrected chi connectivity index (χ1v) is 7.48. The third-order valence-corrected chi connectivity index (χ3v) is 4.38. The van der Waals surface area contributed by atoms with E-state index in [1.807, 2.05) is 18.2 Å². The van der Waals surface area contributed by atoms with Crippen molar-refractivity contribution in [3.05, 3.63) is 55.7 Å². The van der Waals surface area contributed by atoms with Crippen LogP contribution in [-0.4, -0.2) is 0 Å². The highest BCUT2D eigenvalue weighted by Gasteiger charge is 2.15. The summed E-state index contributed by atoms with van der Waals surface area (Å²) in [4.78, 5) is 0. The molecule has 18 heavy (non-hydrogen) atoms. The molecule has 4 heteroatoms. The van der Waals surface area contributed by atoms with E-state index in [9.17, 15) is 0 Å². The van der Waals surface area contributed by atoms with Crippen LogP contribution in [0.15, 0.2) is 30.3 Å². The van der Waals surface area contributed by atoms with E-state index in [1.165, 1.54) is 16.9 Å². The largest absolute Gasteiger partial charge is 0.320 e. The lowest BCUT2D eigenvalue weighted by Crippen LogP contribution is -2.11. The lowest BCUT2D eigenvalue weighted by Gasteiger charge is -2.12. The van der Waals surface area contributed by atoms with E-state index >= 15 is 0 Å². The van der Waals surface area contributed by atoms with Gasteiger partial charge in [0.15, 0.2) is 0 Å². The molecule has 0 fully saturated rings. The van der Waals surface area contributed by atoms with Crippen molar-refractivity contribution in [1.82, 2.24) is 0 Å². The first-order valence-electron chi connectivity index (χ1n) is 5.91. The molecule has 0 radical (unpaired) electrons. The normalized spacial score (nSPS) is 12.7. The molecule has 2 rings (SSSR count). The SMILES string of the molecule is CCCc1cccc(C(N)c2cc(Cl)sc2Cl)c1. The Morgan fingerprint density at radius 1 is 1.28 bits per heavy atom. The molecule has 1 unspecified atom stereocenters. The Hall–Kier alpha value is -0.540. The third-order valence-electron chi connectivity index (χ3n) is 2.87. The lowest BCUT2D eigenvalue weighted by atomic mass is 9.99. The van der Waals surface area contributed by atoms with Crippen LogP contribution in [0, 0.1) is 0 Å². The topological polar surface area (TPSA) is 26.0 Å². The van der Waals surface area contributed by atoms with Crippen molar-refractivity contribution >= 4 is 34.5 Å². The maximum absolute atomic E-state index is 6.26. The molecule has 0 saturated heterocycles. The van der Waals surface area contributed by atoms with Crippen LogP contribution in [0.1, 0.15) is 36.1 Å². The van der Waals surface area contributed by atoms with Crippen molar-refractivity contribution < 1.29 is 0 Å². The number of halogens is 2. The predicted molar refractivity (Wildman–Crippen MR) is 80.8 cm³/mol. The summed E-state index contributed by atoms with van der Waals surface area (Å²) in [5.74, 6) is 0. The van der Waals surface area contributed by atoms with E-state index in [2.05, 4.69) is 19.1 Å². The van der Waals surface area contributed by atoms with Crippen LogP contribution in [-0.2, 0) is 6.42 Å². The van der Waals surface area contributed by atoms with Gasteiger partial charge >= 0.3 is 0 Å². The van der Waals surface area contributed by atoms with Crippen LogP contribution in [0.5, 0.6) is 0 Å². The maximum Gasteiger partial charge on any atom is 0.0995 e. The number of hydrogen-bond acceptors (Lipinski definition) is 2. The van der Waals surface area contributed by atoms with Crippen molar-refractivity contribution in [2.24, 2.45) is 5.73 Å². The molecule has 0 saturated carbocycles. The Morgan fingerprint density at radius 2 is 2.06 bits per heavy atom. The molecule has 0 aliphatic carbocycles. The first kappa shape index (κ1) is 13.9. The van der Waals surface area contributed by atoms with Crippen molar-refractivity contribution in [3.8, 4) is 0 Å². The molecule has 2 N–H and O–H groups in total. The fraction of sp³-hybridized carbons (Fsp3) is 0.286. The number of rotatable bonds is 4. The summed E-state index contributed by atoms with van der Waals surface area (Å²) in [5.41, 5.74) is 9.55. The van der Waals surface area contributed by atoms with E-state index in [0.29, 0.717) is 8.67 Å². The molecular formula is C14H15Cl2NS. The predicted octanol–water partition coefficient (Wildman–Crippen LogP) is 5.06. The molecule has 0 spiro atoms. The van der Waals surface area contributed by atoms with Gasteiger partial charge in [-0.2, -0.15) is 0 Å². The zero-order valence-electron chi connectivity index (χ0n) is 10.1. The van der Waals surface area contributed by atoms with Crippen LogP contribution >= 0.6 is 34.5 Å². The summed E-state index contributed by atoms with van der Waals surface area (Å²) in [5, 5.41) is 0. The average Bonchev–Trinajstić information content (AvgIpc) is 2.68. The van der Waals surface area contributed by atoms with E-state index in [4.69, 9.17) is 28.9 Å². The fourth-order valence-corrected chi connectivity index (χ4v) is 3.53. The van der Waals surface area contributed by atoms with Crippen molar-refractivity contribution in [2.75, 3.05) is 0 Å². The summed E-state index contributed by atoms with van der Waals surface area (Å²) in [6.45, 7) is 2.17. The number of benzene rings is 1. The first-order chi connectivity index (χ1) is 8.61. The maximum atomic E-state index is 6.26. The second-order valence-electron chi connectivity index (χ2n) is 4.25. The molecule has 1 heterocycles. The highest BCUT2D eigenvalue weighted by molar-refractivity contribution is 7.20. The molecular weight excluding hydrogens is 285 g/mol. The Bertz CT molecular complexity index is 536. The standard InChI is InChI=1S/C14H15Cl2NS/c1-2-4-9-5-3-6-10(7-9)13(17)11-8-12(15)18-14(11)16/h3,5-8,13H,2,4,17H2,1H3. The van der Waals surface area contributed by atoms with Crippen molar-refractivity contribution in [2.45, 2.75) is 25.8 Å². The second-order valence-corrected chi connectivity index (χ2v) is 6.54. The molecule has 1 aromatic carbocycles. The molecule has 0 bridgehead atoms. The van der Waals surface area contributed by atoms with Crippen LogP contribution < -0.4 is 5.73 Å². The number of thiophene rings is 1. The monoisotopic (exact) mass is 299 g/mol. The summed E-state index contributed by atoms with van der Waals surface area (Å²) < 4.78 is 1.35. The summed E-state index contributed by atoms with van der Waals surface area (Å²) in [6, 6.07) is 10.00. The van der Waals surface area contributed by atoms with Crippen molar-refractivity contribution in [1.29, 1.82) is 0 Å². The van der Waals surface area contributed by atoms with Gasteiger partial charge in [-0.1, -0.05) is 60.8 Å². The fourth-order valence-electron chi connectivity index (χ4n) is 1.98. The Balaban J connectivity index is 2.30. The van der Waals surface area contributed by atoms with Crippen LogP contribution in [0.25, 0.3) is 0 Å². The zero-order valence-corrected chi connectivity index (χ0v) is 12.4. The molecule has 1 nitrogen and oxygen atoms in total. The molecule has 1 aromatic heterocycles. The van der Waals surface area contributed by atoms with Crippen LogP contribution in [0.3, 0.4) is 0 Å². The Morgan fingerprint density at radius 3 is 2.67 bits per heavy atom. The minimum Gasteiger partial charge on any atom is -0.320 e. The molecule has 0 aliphatic heterocycles.